The summed E-state index contributed by atoms with van der Waals surface area (Å²) in [5, 5.41) is 24.4. The minimum atomic E-state index is -0.661. The number of pyridine rings is 1. The first kappa shape index (κ1) is 21.4. The Hall–Kier alpha value is -3.28. The summed E-state index contributed by atoms with van der Waals surface area (Å²) >= 11 is 0. The fourth-order valence-corrected chi connectivity index (χ4v) is 3.47. The number of hydrogen-bond donors (Lipinski definition) is 4. The number of hydrogen-bond acceptors (Lipinski definition) is 4. The van der Waals surface area contributed by atoms with Crippen molar-refractivity contribution >= 4 is 22.5 Å². The van der Waals surface area contributed by atoms with Crippen LogP contribution in [0.4, 0.5) is 5.69 Å². The topological polar surface area (TPSA) is 102 Å². The highest BCUT2D eigenvalue weighted by Crippen LogP contribution is 2.47. The van der Waals surface area contributed by atoms with Gasteiger partial charge in [0.05, 0.1) is 5.69 Å². The highest BCUT2D eigenvalue weighted by atomic mass is 16.3. The molecule has 0 aliphatic rings. The smallest absolute Gasteiger partial charge is 0.261 e. The van der Waals surface area contributed by atoms with E-state index in [1.165, 1.54) is 6.20 Å². The fourth-order valence-electron chi connectivity index (χ4n) is 3.47. The summed E-state index contributed by atoms with van der Waals surface area (Å²) in [5.41, 5.74) is 0.625. The molecule has 0 saturated carbocycles. The van der Waals surface area contributed by atoms with Gasteiger partial charge in [-0.05, 0) is 34.6 Å². The number of carbonyl (C=O) groups is 1. The van der Waals surface area contributed by atoms with Gasteiger partial charge in [0.1, 0.15) is 5.56 Å². The maximum absolute atomic E-state index is 13.0. The number of benzene rings is 2. The maximum atomic E-state index is 13.0. The lowest BCUT2D eigenvalue weighted by Gasteiger charge is -2.29. The number of phenolic OH excluding ortho intramolecular Hbond substituents is 2. The van der Waals surface area contributed by atoms with Crippen LogP contribution in [0.5, 0.6) is 11.5 Å². The van der Waals surface area contributed by atoms with E-state index in [2.05, 4.69) is 10.3 Å². The molecule has 0 spiro atoms. The van der Waals surface area contributed by atoms with Crippen molar-refractivity contribution in [2.24, 2.45) is 0 Å². The molecule has 1 aromatic heterocycles. The molecule has 0 atom stereocenters. The van der Waals surface area contributed by atoms with Gasteiger partial charge in [0, 0.05) is 22.7 Å². The van der Waals surface area contributed by atoms with E-state index in [1.807, 2.05) is 41.5 Å². The van der Waals surface area contributed by atoms with Crippen LogP contribution in [0.15, 0.2) is 41.3 Å². The van der Waals surface area contributed by atoms with Crippen LogP contribution < -0.4 is 10.7 Å². The van der Waals surface area contributed by atoms with Crippen LogP contribution in [0.1, 0.15) is 63.0 Å². The summed E-state index contributed by atoms with van der Waals surface area (Å²) < 4.78 is 0. The van der Waals surface area contributed by atoms with E-state index in [0.29, 0.717) is 22.0 Å². The van der Waals surface area contributed by atoms with Gasteiger partial charge >= 0.3 is 0 Å². The van der Waals surface area contributed by atoms with Gasteiger partial charge in [-0.2, -0.15) is 0 Å². The lowest BCUT2D eigenvalue weighted by atomic mass is 9.79. The third kappa shape index (κ3) is 3.77. The second-order valence-electron chi connectivity index (χ2n) is 9.58. The summed E-state index contributed by atoms with van der Waals surface area (Å²) in [6, 6.07) is 8.73. The average Bonchev–Trinajstić information content (AvgIpc) is 2.64. The Balaban J connectivity index is 2.15. The van der Waals surface area contributed by atoms with Crippen molar-refractivity contribution in [1.82, 2.24) is 4.98 Å². The molecule has 4 N–H and O–H groups in total. The Morgan fingerprint density at radius 3 is 2.13 bits per heavy atom. The number of amides is 1. The van der Waals surface area contributed by atoms with E-state index in [0.717, 1.165) is 0 Å². The molecule has 0 fully saturated rings. The number of nitrogens with one attached hydrogen (secondary N) is 2. The molecule has 2 aromatic carbocycles. The first-order chi connectivity index (χ1) is 13.8. The second-order valence-corrected chi connectivity index (χ2v) is 9.58. The van der Waals surface area contributed by atoms with E-state index < -0.39 is 27.9 Å². The second kappa shape index (κ2) is 7.20. The van der Waals surface area contributed by atoms with Crippen molar-refractivity contribution in [3.63, 3.8) is 0 Å². The summed E-state index contributed by atoms with van der Waals surface area (Å²) in [6.07, 6.45) is 1.36. The number of carbonyl (C=O) groups excluding carboxylic acids is 1. The minimum absolute atomic E-state index is 0.0765. The molecule has 0 unspecified atom stereocenters. The molecule has 0 aliphatic heterocycles. The first-order valence-electron chi connectivity index (χ1n) is 9.84. The Morgan fingerprint density at radius 2 is 1.53 bits per heavy atom. The van der Waals surface area contributed by atoms with E-state index in [9.17, 15) is 19.8 Å². The summed E-state index contributed by atoms with van der Waals surface area (Å²) in [5.74, 6) is -1.35. The number of aromatic hydroxyl groups is 2. The van der Waals surface area contributed by atoms with Crippen molar-refractivity contribution in [3.05, 3.63) is 63.4 Å². The molecule has 6 nitrogen and oxygen atoms in total. The number of anilines is 1. The molecular weight excluding hydrogens is 380 g/mol. The largest absolute Gasteiger partial charge is 0.504 e. The van der Waals surface area contributed by atoms with Gasteiger partial charge in [0.15, 0.2) is 11.5 Å². The predicted molar refractivity (Wildman–Crippen MR) is 120 cm³/mol. The van der Waals surface area contributed by atoms with E-state index >= 15 is 0 Å². The van der Waals surface area contributed by atoms with E-state index in [-0.39, 0.29) is 17.0 Å². The molecular formula is C24H28N2O4. The summed E-state index contributed by atoms with van der Waals surface area (Å²) in [4.78, 5) is 28.7. The molecule has 0 radical (unpaired) electrons. The number of phenols is 2. The van der Waals surface area contributed by atoms with Gasteiger partial charge in [-0.1, -0.05) is 53.7 Å². The molecule has 158 valence electrons. The Bertz CT molecular complexity index is 1190. The average molecular weight is 408 g/mol. The molecule has 0 bridgehead atoms. The highest BCUT2D eigenvalue weighted by Gasteiger charge is 2.30. The van der Waals surface area contributed by atoms with Crippen molar-refractivity contribution in [2.45, 2.75) is 52.4 Å². The fraction of sp³-hybridized carbons (Fsp3) is 0.333. The quantitative estimate of drug-likeness (QED) is 0.458. The van der Waals surface area contributed by atoms with E-state index in [4.69, 9.17) is 0 Å². The normalized spacial score (nSPS) is 12.2. The van der Waals surface area contributed by atoms with Gasteiger partial charge in [-0.25, -0.2) is 0 Å². The van der Waals surface area contributed by atoms with Crippen molar-refractivity contribution < 1.29 is 15.0 Å². The molecule has 0 aliphatic carbocycles. The number of aromatic nitrogens is 1. The molecule has 30 heavy (non-hydrogen) atoms. The first-order valence-corrected chi connectivity index (χ1v) is 9.84. The molecule has 0 saturated heterocycles. The zero-order valence-electron chi connectivity index (χ0n) is 18.2. The summed E-state index contributed by atoms with van der Waals surface area (Å²) in [7, 11) is 0. The lowest BCUT2D eigenvalue weighted by molar-refractivity contribution is 0.102. The molecule has 3 rings (SSSR count). The third-order valence-electron chi connectivity index (χ3n) is 5.16. The van der Waals surface area contributed by atoms with Gasteiger partial charge in [0.25, 0.3) is 5.91 Å². The zero-order valence-corrected chi connectivity index (χ0v) is 18.2. The van der Waals surface area contributed by atoms with Gasteiger partial charge in [-0.3, -0.25) is 9.59 Å². The van der Waals surface area contributed by atoms with Gasteiger partial charge in [-0.15, -0.1) is 0 Å². The number of para-hydroxylation sites is 1. The molecule has 1 heterocycles. The van der Waals surface area contributed by atoms with Crippen molar-refractivity contribution in [2.75, 3.05) is 5.32 Å². The minimum Gasteiger partial charge on any atom is -0.504 e. The number of rotatable bonds is 2. The van der Waals surface area contributed by atoms with Crippen LogP contribution >= 0.6 is 0 Å². The summed E-state index contributed by atoms with van der Waals surface area (Å²) in [6.45, 7) is 11.6. The van der Waals surface area contributed by atoms with Gasteiger partial charge in [0.2, 0.25) is 5.43 Å². The number of H-pyrrole nitrogens is 1. The third-order valence-corrected chi connectivity index (χ3v) is 5.16. The zero-order chi connectivity index (χ0) is 22.4. The number of aromatic amines is 1. The Morgan fingerprint density at radius 1 is 0.933 bits per heavy atom. The van der Waals surface area contributed by atoms with E-state index in [1.54, 1.807) is 30.3 Å². The van der Waals surface area contributed by atoms with Crippen LogP contribution in [0.3, 0.4) is 0 Å². The molecule has 3 aromatic rings. The van der Waals surface area contributed by atoms with Crippen LogP contribution in [-0.4, -0.2) is 21.1 Å². The molecule has 6 heteroatoms. The molecule has 1 amide bonds. The predicted octanol–water partition coefficient (Wildman–Crippen LogP) is 4.79. The number of fused-ring (bicyclic) bond motifs is 1. The Labute approximate surface area is 175 Å². The monoisotopic (exact) mass is 408 g/mol. The van der Waals surface area contributed by atoms with Gasteiger partial charge < -0.3 is 20.5 Å². The maximum Gasteiger partial charge on any atom is 0.261 e. The van der Waals surface area contributed by atoms with Crippen LogP contribution in [0.25, 0.3) is 10.9 Å². The standard InChI is InChI=1S/C24H28N2O4/c1-23(2,3)15-11-16(24(4,5)6)20(28)21(29)18(15)26-22(30)14-12-25-17-10-8-7-9-13(17)19(14)27/h7-12,28-29H,1-6H3,(H,25,27)(H,26,30). The van der Waals surface area contributed by atoms with Crippen LogP contribution in [0, 0.1) is 0 Å². The van der Waals surface area contributed by atoms with Crippen molar-refractivity contribution in [3.8, 4) is 11.5 Å². The SMILES string of the molecule is CC(C)(C)c1cc(C(C)(C)C)c(NC(=O)c2c[nH]c3ccccc3c2=O)c(O)c1O. The van der Waals surface area contributed by atoms with Crippen molar-refractivity contribution in [1.29, 1.82) is 0 Å². The van der Waals surface area contributed by atoms with Crippen LogP contribution in [0.2, 0.25) is 0 Å². The lowest BCUT2D eigenvalue weighted by Crippen LogP contribution is -2.25. The van der Waals surface area contributed by atoms with Crippen LogP contribution in [-0.2, 0) is 10.8 Å². The Kier molecular flexibility index (Phi) is 5.14. The highest BCUT2D eigenvalue weighted by molar-refractivity contribution is 6.07.